The predicted molar refractivity (Wildman–Crippen MR) is 114 cm³/mol. The summed E-state index contributed by atoms with van der Waals surface area (Å²) in [6.45, 7) is 2.01. The molecule has 142 valence electrons. The third-order valence-electron chi connectivity index (χ3n) is 3.89. The molecule has 0 aliphatic carbocycles. The van der Waals surface area contributed by atoms with Crippen LogP contribution in [-0.4, -0.2) is 25.8 Å². The average molecular weight is 430 g/mol. The first-order valence-electron chi connectivity index (χ1n) is 8.49. The number of benzene rings is 1. The minimum absolute atomic E-state index is 0.0716. The molecule has 9 heteroatoms. The minimum Gasteiger partial charge on any atom is -0.331 e. The normalized spacial score (nSPS) is 11.1. The molecule has 0 saturated heterocycles. The molecule has 0 unspecified atom stereocenters. The predicted octanol–water partition coefficient (Wildman–Crippen LogP) is 4.85. The molecule has 0 aliphatic rings. The van der Waals surface area contributed by atoms with Crippen molar-refractivity contribution in [2.45, 2.75) is 24.3 Å². The number of anilines is 1. The molecule has 0 bridgehead atoms. The average Bonchev–Trinajstić information content (AvgIpc) is 3.27. The molecule has 4 aromatic rings. The van der Waals surface area contributed by atoms with Gasteiger partial charge in [0.15, 0.2) is 10.8 Å². The maximum absolute atomic E-state index is 12.2. The van der Waals surface area contributed by atoms with Crippen LogP contribution in [0.15, 0.2) is 47.1 Å². The maximum Gasteiger partial charge on any atom is 0.231 e. The van der Waals surface area contributed by atoms with Crippen molar-refractivity contribution in [2.24, 2.45) is 0 Å². The highest BCUT2D eigenvalue weighted by Crippen LogP contribution is 2.24. The number of H-pyrrole nitrogens is 1. The van der Waals surface area contributed by atoms with Gasteiger partial charge >= 0.3 is 0 Å². The van der Waals surface area contributed by atoms with Crippen LogP contribution in [0.2, 0.25) is 5.02 Å². The Hall–Kier alpha value is -2.42. The van der Waals surface area contributed by atoms with Crippen molar-refractivity contribution in [1.29, 1.82) is 0 Å². The van der Waals surface area contributed by atoms with Gasteiger partial charge in [0, 0.05) is 23.0 Å². The number of aromatic nitrogens is 4. The summed E-state index contributed by atoms with van der Waals surface area (Å²) in [7, 11) is 0. The van der Waals surface area contributed by atoms with E-state index in [0.29, 0.717) is 16.4 Å². The zero-order valence-electron chi connectivity index (χ0n) is 14.9. The van der Waals surface area contributed by atoms with Crippen molar-refractivity contribution in [2.75, 3.05) is 5.32 Å². The molecule has 0 aliphatic heterocycles. The van der Waals surface area contributed by atoms with E-state index in [2.05, 4.69) is 25.3 Å². The standard InChI is InChI=1S/C19H16ClN5OS2/c1-11-2-4-13(5-3-11)22-16(26)7-17-23-14(9-27-17)10-28-19-24-15-6-12(20)8-21-18(15)25-19/h2-6,8-9H,7,10H2,1H3,(H,22,26)(H,21,24,25). The quantitative estimate of drug-likeness (QED) is 0.428. The Kier molecular flexibility index (Phi) is 5.61. The highest BCUT2D eigenvalue weighted by Gasteiger charge is 2.10. The Bertz CT molecular complexity index is 1120. The van der Waals surface area contributed by atoms with Gasteiger partial charge in [-0.05, 0) is 25.1 Å². The first-order chi connectivity index (χ1) is 13.5. The van der Waals surface area contributed by atoms with Crippen LogP contribution in [0.4, 0.5) is 5.69 Å². The molecular weight excluding hydrogens is 414 g/mol. The highest BCUT2D eigenvalue weighted by atomic mass is 35.5. The van der Waals surface area contributed by atoms with Gasteiger partial charge in [0.05, 0.1) is 22.7 Å². The van der Waals surface area contributed by atoms with Crippen LogP contribution in [-0.2, 0) is 17.0 Å². The van der Waals surface area contributed by atoms with Crippen LogP contribution < -0.4 is 5.32 Å². The number of nitrogens with one attached hydrogen (secondary N) is 2. The topological polar surface area (TPSA) is 83.6 Å². The summed E-state index contributed by atoms with van der Waals surface area (Å²) in [5.41, 5.74) is 4.31. The van der Waals surface area contributed by atoms with Gasteiger partial charge in [-0.1, -0.05) is 41.1 Å². The number of pyridine rings is 1. The first-order valence-corrected chi connectivity index (χ1v) is 10.7. The van der Waals surface area contributed by atoms with Crippen LogP contribution >= 0.6 is 34.7 Å². The van der Waals surface area contributed by atoms with E-state index in [-0.39, 0.29) is 12.3 Å². The zero-order valence-corrected chi connectivity index (χ0v) is 17.3. The number of rotatable bonds is 6. The third kappa shape index (κ3) is 4.70. The first kappa shape index (κ1) is 18.9. The lowest BCUT2D eigenvalue weighted by molar-refractivity contribution is -0.115. The van der Waals surface area contributed by atoms with E-state index in [1.807, 2.05) is 36.6 Å². The molecule has 1 amide bonds. The zero-order chi connectivity index (χ0) is 19.5. The van der Waals surface area contributed by atoms with E-state index < -0.39 is 0 Å². The number of thioether (sulfide) groups is 1. The number of nitrogens with zero attached hydrogens (tertiary/aromatic N) is 3. The monoisotopic (exact) mass is 429 g/mol. The van der Waals surface area contributed by atoms with E-state index in [9.17, 15) is 4.79 Å². The van der Waals surface area contributed by atoms with E-state index >= 15 is 0 Å². The van der Waals surface area contributed by atoms with E-state index in [1.54, 1.807) is 12.3 Å². The van der Waals surface area contributed by atoms with Gasteiger partial charge in [0.2, 0.25) is 5.91 Å². The summed E-state index contributed by atoms with van der Waals surface area (Å²) in [6.07, 6.45) is 1.84. The minimum atomic E-state index is -0.0716. The number of thiazole rings is 1. The van der Waals surface area contributed by atoms with Crippen molar-refractivity contribution in [3.8, 4) is 0 Å². The van der Waals surface area contributed by atoms with Crippen LogP contribution in [0.5, 0.6) is 0 Å². The lowest BCUT2D eigenvalue weighted by Gasteiger charge is -2.04. The molecule has 3 heterocycles. The van der Waals surface area contributed by atoms with E-state index in [4.69, 9.17) is 11.6 Å². The molecule has 0 saturated carbocycles. The number of amides is 1. The Morgan fingerprint density at radius 1 is 1.29 bits per heavy atom. The fourth-order valence-corrected chi connectivity index (χ4v) is 4.36. The van der Waals surface area contributed by atoms with Crippen molar-refractivity contribution in [3.63, 3.8) is 0 Å². The third-order valence-corrected chi connectivity index (χ3v) is 5.90. The molecule has 0 fully saturated rings. The molecule has 0 radical (unpaired) electrons. The molecule has 0 spiro atoms. The van der Waals surface area contributed by atoms with Crippen molar-refractivity contribution in [1.82, 2.24) is 19.9 Å². The van der Waals surface area contributed by atoms with Gasteiger partial charge in [-0.25, -0.2) is 15.0 Å². The fourth-order valence-electron chi connectivity index (χ4n) is 2.54. The molecule has 6 nitrogen and oxygen atoms in total. The van der Waals surface area contributed by atoms with E-state index in [0.717, 1.165) is 32.6 Å². The summed E-state index contributed by atoms with van der Waals surface area (Å²) in [5, 5.41) is 6.99. The van der Waals surface area contributed by atoms with Gasteiger partial charge < -0.3 is 10.3 Å². The summed E-state index contributed by atoms with van der Waals surface area (Å²) in [6, 6.07) is 9.53. The number of aryl methyl sites for hydroxylation is 1. The Morgan fingerprint density at radius 2 is 2.11 bits per heavy atom. The number of carbonyl (C=O) groups is 1. The number of fused-ring (bicyclic) bond motifs is 1. The molecule has 3 aromatic heterocycles. The number of halogens is 1. The molecular formula is C19H16ClN5OS2. The van der Waals surface area contributed by atoms with Gasteiger partial charge in [-0.15, -0.1) is 11.3 Å². The van der Waals surface area contributed by atoms with Crippen molar-refractivity contribution < 1.29 is 4.79 Å². The summed E-state index contributed by atoms with van der Waals surface area (Å²) in [4.78, 5) is 28.6. The van der Waals surface area contributed by atoms with Crippen molar-refractivity contribution >= 4 is 57.5 Å². The van der Waals surface area contributed by atoms with Gasteiger partial charge in [-0.2, -0.15) is 0 Å². The Balaban J connectivity index is 1.33. The van der Waals surface area contributed by atoms with E-state index in [1.165, 1.54) is 23.1 Å². The second kappa shape index (κ2) is 8.30. The second-order valence-corrected chi connectivity index (χ2v) is 8.52. The lowest BCUT2D eigenvalue weighted by atomic mass is 10.2. The number of aromatic amines is 1. The number of carbonyl (C=O) groups excluding carboxylic acids is 1. The maximum atomic E-state index is 12.2. The van der Waals surface area contributed by atoms with Gasteiger partial charge in [0.1, 0.15) is 5.01 Å². The molecule has 2 N–H and O–H groups in total. The Labute approximate surface area is 174 Å². The molecule has 0 atom stereocenters. The second-order valence-electron chi connectivity index (χ2n) is 6.18. The summed E-state index contributed by atoms with van der Waals surface area (Å²) in [5.74, 6) is 0.585. The summed E-state index contributed by atoms with van der Waals surface area (Å²) < 4.78 is 0. The van der Waals surface area contributed by atoms with Crippen LogP contribution in [0.25, 0.3) is 11.2 Å². The van der Waals surface area contributed by atoms with Crippen molar-refractivity contribution in [3.05, 3.63) is 63.2 Å². The van der Waals surface area contributed by atoms with Crippen LogP contribution in [0.3, 0.4) is 0 Å². The summed E-state index contributed by atoms with van der Waals surface area (Å²) >= 11 is 8.97. The van der Waals surface area contributed by atoms with Gasteiger partial charge in [-0.3, -0.25) is 4.79 Å². The lowest BCUT2D eigenvalue weighted by Crippen LogP contribution is -2.14. The van der Waals surface area contributed by atoms with Crippen LogP contribution in [0.1, 0.15) is 16.3 Å². The molecule has 1 aromatic carbocycles. The number of hydrogen-bond donors (Lipinski definition) is 2. The van der Waals surface area contributed by atoms with Gasteiger partial charge in [0.25, 0.3) is 0 Å². The number of imidazole rings is 1. The SMILES string of the molecule is Cc1ccc(NC(=O)Cc2nc(CSc3nc4ncc(Cl)cc4[nH]3)cs2)cc1. The molecule has 28 heavy (non-hydrogen) atoms. The van der Waals surface area contributed by atoms with Crippen LogP contribution in [0, 0.1) is 6.92 Å². The number of hydrogen-bond acceptors (Lipinski definition) is 6. The smallest absolute Gasteiger partial charge is 0.231 e. The Morgan fingerprint density at radius 3 is 2.93 bits per heavy atom. The highest BCUT2D eigenvalue weighted by molar-refractivity contribution is 7.98. The fraction of sp³-hybridized carbons (Fsp3) is 0.158. The molecule has 4 rings (SSSR count). The largest absolute Gasteiger partial charge is 0.331 e.